The quantitative estimate of drug-likeness (QED) is 0.605. The minimum Gasteiger partial charge on any atom is -0.464 e. The highest BCUT2D eigenvalue weighted by atomic mass is 32.1. The molecule has 0 aromatic carbocycles. The van der Waals surface area contributed by atoms with Crippen molar-refractivity contribution in [3.63, 3.8) is 0 Å². The lowest BCUT2D eigenvalue weighted by Crippen LogP contribution is -2.29. The van der Waals surface area contributed by atoms with E-state index in [1.165, 1.54) is 13.0 Å². The molecule has 1 heterocycles. The maximum absolute atomic E-state index is 11.2. The van der Waals surface area contributed by atoms with Crippen LogP contribution >= 0.6 is 11.3 Å². The monoisotopic (exact) mass is 258 g/mol. The van der Waals surface area contributed by atoms with Gasteiger partial charge in [0.25, 0.3) is 0 Å². The van der Waals surface area contributed by atoms with Crippen LogP contribution in [0.25, 0.3) is 0 Å². The Hall–Kier alpha value is -1.24. The van der Waals surface area contributed by atoms with Gasteiger partial charge in [0, 0.05) is 4.88 Å². The standard InChI is InChI=1S/C11H14O5S/c1-3-16-11(15)10(14)9(13)8-5-4-7(17-8)6(2)12/h4-5,9-10,13-14H,3H2,1-2H3. The summed E-state index contributed by atoms with van der Waals surface area (Å²) in [5.74, 6) is -1.00. The van der Waals surface area contributed by atoms with Crippen molar-refractivity contribution in [2.75, 3.05) is 6.61 Å². The van der Waals surface area contributed by atoms with Gasteiger partial charge in [-0.1, -0.05) is 0 Å². The molecule has 0 aliphatic rings. The molecule has 0 amide bonds. The van der Waals surface area contributed by atoms with E-state index < -0.39 is 18.2 Å². The van der Waals surface area contributed by atoms with Crippen LogP contribution in [0.5, 0.6) is 0 Å². The SMILES string of the molecule is CCOC(=O)C(O)C(O)c1ccc(C(C)=O)s1. The van der Waals surface area contributed by atoms with Gasteiger partial charge in [-0.25, -0.2) is 4.79 Å². The van der Waals surface area contributed by atoms with E-state index in [4.69, 9.17) is 0 Å². The summed E-state index contributed by atoms with van der Waals surface area (Å²) in [4.78, 5) is 23.1. The van der Waals surface area contributed by atoms with Gasteiger partial charge >= 0.3 is 5.97 Å². The third kappa shape index (κ3) is 3.36. The molecule has 1 rings (SSSR count). The number of ether oxygens (including phenoxy) is 1. The van der Waals surface area contributed by atoms with E-state index in [1.54, 1.807) is 13.0 Å². The van der Waals surface area contributed by atoms with Crippen molar-refractivity contribution in [2.45, 2.75) is 26.1 Å². The first-order chi connectivity index (χ1) is 7.97. The number of carbonyl (C=O) groups is 2. The molecule has 6 heteroatoms. The van der Waals surface area contributed by atoms with Crippen LogP contribution in [-0.4, -0.2) is 34.7 Å². The smallest absolute Gasteiger partial charge is 0.338 e. The fraction of sp³-hybridized carbons (Fsp3) is 0.455. The Bertz CT molecular complexity index is 412. The second-order valence-corrected chi connectivity index (χ2v) is 4.52. The number of carbonyl (C=O) groups excluding carboxylic acids is 2. The summed E-state index contributed by atoms with van der Waals surface area (Å²) in [6, 6.07) is 3.05. The Labute approximate surface area is 103 Å². The molecule has 0 radical (unpaired) electrons. The number of ketones is 1. The van der Waals surface area contributed by atoms with Crippen molar-refractivity contribution in [2.24, 2.45) is 0 Å². The predicted octanol–water partition coefficient (Wildman–Crippen LogP) is 0.908. The molecule has 0 saturated carbocycles. The lowest BCUT2D eigenvalue weighted by Gasteiger charge is -2.14. The summed E-state index contributed by atoms with van der Waals surface area (Å²) < 4.78 is 4.59. The molecule has 17 heavy (non-hydrogen) atoms. The fourth-order valence-electron chi connectivity index (χ4n) is 1.21. The maximum Gasteiger partial charge on any atom is 0.338 e. The van der Waals surface area contributed by atoms with Crippen LogP contribution in [0.15, 0.2) is 12.1 Å². The van der Waals surface area contributed by atoms with Gasteiger partial charge in [0.1, 0.15) is 6.10 Å². The molecular weight excluding hydrogens is 244 g/mol. The van der Waals surface area contributed by atoms with E-state index >= 15 is 0 Å². The van der Waals surface area contributed by atoms with Gasteiger partial charge in [-0.2, -0.15) is 0 Å². The van der Waals surface area contributed by atoms with E-state index in [0.717, 1.165) is 11.3 Å². The number of rotatable bonds is 5. The van der Waals surface area contributed by atoms with Crippen molar-refractivity contribution in [3.05, 3.63) is 21.9 Å². The highest BCUT2D eigenvalue weighted by Gasteiger charge is 2.28. The van der Waals surface area contributed by atoms with E-state index in [-0.39, 0.29) is 12.4 Å². The number of aliphatic hydroxyl groups excluding tert-OH is 2. The lowest BCUT2D eigenvalue weighted by atomic mass is 10.2. The van der Waals surface area contributed by atoms with Crippen LogP contribution in [0.2, 0.25) is 0 Å². The third-order valence-electron chi connectivity index (χ3n) is 2.09. The molecule has 1 aromatic rings. The number of hydrogen-bond donors (Lipinski definition) is 2. The van der Waals surface area contributed by atoms with Gasteiger partial charge < -0.3 is 14.9 Å². The number of Topliss-reactive ketones (excluding diaryl/α,β-unsaturated/α-hetero) is 1. The molecule has 5 nitrogen and oxygen atoms in total. The van der Waals surface area contributed by atoms with Gasteiger partial charge in [0.05, 0.1) is 11.5 Å². The van der Waals surface area contributed by atoms with Gasteiger partial charge in [-0.15, -0.1) is 11.3 Å². The average molecular weight is 258 g/mol. The molecule has 94 valence electrons. The minimum absolute atomic E-state index is 0.126. The topological polar surface area (TPSA) is 83.8 Å². The average Bonchev–Trinajstić information content (AvgIpc) is 2.76. The molecular formula is C11H14O5S. The molecule has 0 spiro atoms. The van der Waals surface area contributed by atoms with Gasteiger partial charge in [-0.05, 0) is 26.0 Å². The molecule has 0 saturated heterocycles. The van der Waals surface area contributed by atoms with Crippen LogP contribution in [-0.2, 0) is 9.53 Å². The first kappa shape index (κ1) is 13.8. The summed E-state index contributed by atoms with van der Waals surface area (Å²) in [5.41, 5.74) is 0. The molecule has 2 N–H and O–H groups in total. The van der Waals surface area contributed by atoms with Crippen LogP contribution in [0.4, 0.5) is 0 Å². The maximum atomic E-state index is 11.2. The first-order valence-corrected chi connectivity index (χ1v) is 5.92. The molecule has 1 aromatic heterocycles. The van der Waals surface area contributed by atoms with E-state index in [1.807, 2.05) is 0 Å². The second kappa shape index (κ2) is 5.90. The Kier molecular flexibility index (Phi) is 4.80. The zero-order chi connectivity index (χ0) is 13.0. The summed E-state index contributed by atoms with van der Waals surface area (Å²) in [7, 11) is 0. The Morgan fingerprint density at radius 2 is 2.06 bits per heavy atom. The number of thiophene rings is 1. The number of hydrogen-bond acceptors (Lipinski definition) is 6. The van der Waals surface area contributed by atoms with Gasteiger partial charge in [-0.3, -0.25) is 4.79 Å². The summed E-state index contributed by atoms with van der Waals surface area (Å²) in [6.45, 7) is 3.14. The molecule has 0 fully saturated rings. The Balaban J connectivity index is 2.77. The van der Waals surface area contributed by atoms with Crippen LogP contribution in [0, 0.1) is 0 Å². The normalized spacial score (nSPS) is 14.1. The van der Waals surface area contributed by atoms with Crippen LogP contribution in [0.1, 0.15) is 34.5 Å². The Morgan fingerprint density at radius 3 is 2.53 bits per heavy atom. The molecule has 0 aliphatic carbocycles. The largest absolute Gasteiger partial charge is 0.464 e. The molecule has 2 atom stereocenters. The number of esters is 1. The summed E-state index contributed by atoms with van der Waals surface area (Å²) in [6.07, 6.45) is -3.00. The zero-order valence-corrected chi connectivity index (χ0v) is 10.4. The van der Waals surface area contributed by atoms with E-state index in [2.05, 4.69) is 4.74 Å². The van der Waals surface area contributed by atoms with E-state index in [9.17, 15) is 19.8 Å². The predicted molar refractivity (Wildman–Crippen MR) is 61.9 cm³/mol. The van der Waals surface area contributed by atoms with Crippen molar-refractivity contribution < 1.29 is 24.5 Å². The van der Waals surface area contributed by atoms with E-state index in [0.29, 0.717) is 9.75 Å². The Morgan fingerprint density at radius 1 is 1.41 bits per heavy atom. The summed E-state index contributed by atoms with van der Waals surface area (Å²) >= 11 is 1.05. The second-order valence-electron chi connectivity index (χ2n) is 3.40. The van der Waals surface area contributed by atoms with Crippen molar-refractivity contribution in [3.8, 4) is 0 Å². The minimum atomic E-state index is -1.63. The van der Waals surface area contributed by atoms with Crippen molar-refractivity contribution in [1.82, 2.24) is 0 Å². The van der Waals surface area contributed by atoms with Gasteiger partial charge in [0.15, 0.2) is 11.9 Å². The first-order valence-electron chi connectivity index (χ1n) is 5.10. The zero-order valence-electron chi connectivity index (χ0n) is 9.54. The lowest BCUT2D eigenvalue weighted by molar-refractivity contribution is -0.159. The van der Waals surface area contributed by atoms with Crippen molar-refractivity contribution in [1.29, 1.82) is 0 Å². The van der Waals surface area contributed by atoms with Crippen LogP contribution in [0.3, 0.4) is 0 Å². The molecule has 2 unspecified atom stereocenters. The molecule has 0 aliphatic heterocycles. The van der Waals surface area contributed by atoms with Crippen LogP contribution < -0.4 is 0 Å². The number of aliphatic hydroxyl groups is 2. The van der Waals surface area contributed by atoms with Crippen molar-refractivity contribution >= 4 is 23.1 Å². The fourth-order valence-corrected chi connectivity index (χ4v) is 2.13. The summed E-state index contributed by atoms with van der Waals surface area (Å²) in [5, 5.41) is 19.2. The molecule has 0 bridgehead atoms. The van der Waals surface area contributed by atoms with Gasteiger partial charge in [0.2, 0.25) is 0 Å². The third-order valence-corrected chi connectivity index (χ3v) is 3.35. The highest BCUT2D eigenvalue weighted by molar-refractivity contribution is 7.14. The highest BCUT2D eigenvalue weighted by Crippen LogP contribution is 2.26.